The standard InChI is InChI=1S/C18H21BrN2/c1-13-11-20-17(15-7-4-3-5-8-15)12-21(13)18-10-6-9-16(19)14(18)2/h3-10,13,17,20H,11-12H2,1-2H3. The molecule has 0 radical (unpaired) electrons. The van der Waals surface area contributed by atoms with E-state index < -0.39 is 0 Å². The van der Waals surface area contributed by atoms with E-state index in [0.29, 0.717) is 12.1 Å². The smallest absolute Gasteiger partial charge is 0.0499 e. The van der Waals surface area contributed by atoms with Gasteiger partial charge in [-0.05, 0) is 37.1 Å². The zero-order valence-corrected chi connectivity index (χ0v) is 14.1. The lowest BCUT2D eigenvalue weighted by atomic mass is 10.0. The Bertz CT molecular complexity index is 612. The molecule has 0 spiro atoms. The number of benzene rings is 2. The summed E-state index contributed by atoms with van der Waals surface area (Å²) < 4.78 is 1.18. The Balaban J connectivity index is 1.89. The maximum atomic E-state index is 3.67. The molecular weight excluding hydrogens is 324 g/mol. The van der Waals surface area contributed by atoms with E-state index in [9.17, 15) is 0 Å². The summed E-state index contributed by atoms with van der Waals surface area (Å²) in [6, 6.07) is 18.1. The zero-order chi connectivity index (χ0) is 14.8. The van der Waals surface area contributed by atoms with Crippen molar-refractivity contribution in [2.45, 2.75) is 25.9 Å². The van der Waals surface area contributed by atoms with Gasteiger partial charge in [0.15, 0.2) is 0 Å². The molecule has 3 rings (SSSR count). The number of nitrogens with zero attached hydrogens (tertiary/aromatic N) is 1. The predicted molar refractivity (Wildman–Crippen MR) is 92.9 cm³/mol. The Kier molecular flexibility index (Phi) is 4.32. The van der Waals surface area contributed by atoms with Gasteiger partial charge in [-0.3, -0.25) is 0 Å². The van der Waals surface area contributed by atoms with Gasteiger partial charge < -0.3 is 10.2 Å². The molecule has 1 heterocycles. The summed E-state index contributed by atoms with van der Waals surface area (Å²) in [5.74, 6) is 0. The van der Waals surface area contributed by atoms with Gasteiger partial charge in [-0.25, -0.2) is 0 Å². The number of hydrogen-bond donors (Lipinski definition) is 1. The summed E-state index contributed by atoms with van der Waals surface area (Å²) in [7, 11) is 0. The topological polar surface area (TPSA) is 15.3 Å². The van der Waals surface area contributed by atoms with Crippen LogP contribution >= 0.6 is 15.9 Å². The van der Waals surface area contributed by atoms with Crippen LogP contribution in [0.5, 0.6) is 0 Å². The maximum Gasteiger partial charge on any atom is 0.0499 e. The van der Waals surface area contributed by atoms with Crippen LogP contribution in [0, 0.1) is 6.92 Å². The van der Waals surface area contributed by atoms with Crippen LogP contribution in [-0.4, -0.2) is 19.1 Å². The second-order valence-electron chi connectivity index (χ2n) is 5.76. The van der Waals surface area contributed by atoms with E-state index >= 15 is 0 Å². The van der Waals surface area contributed by atoms with Gasteiger partial charge >= 0.3 is 0 Å². The quantitative estimate of drug-likeness (QED) is 0.873. The molecule has 1 saturated heterocycles. The molecule has 2 aromatic carbocycles. The van der Waals surface area contributed by atoms with Crippen LogP contribution in [0.4, 0.5) is 5.69 Å². The van der Waals surface area contributed by atoms with Gasteiger partial charge in [0.1, 0.15) is 0 Å². The highest BCUT2D eigenvalue weighted by Gasteiger charge is 2.27. The lowest BCUT2D eigenvalue weighted by Gasteiger charge is -2.41. The number of anilines is 1. The van der Waals surface area contributed by atoms with Crippen molar-refractivity contribution in [3.05, 3.63) is 64.1 Å². The normalized spacial score (nSPS) is 22.3. The molecule has 2 unspecified atom stereocenters. The Labute approximate surface area is 135 Å². The van der Waals surface area contributed by atoms with Crippen molar-refractivity contribution >= 4 is 21.6 Å². The summed E-state index contributed by atoms with van der Waals surface area (Å²) in [6.07, 6.45) is 0. The number of nitrogens with one attached hydrogen (secondary N) is 1. The molecule has 2 atom stereocenters. The lowest BCUT2D eigenvalue weighted by molar-refractivity contribution is 0.414. The molecule has 0 saturated carbocycles. The van der Waals surface area contributed by atoms with Crippen molar-refractivity contribution in [3.63, 3.8) is 0 Å². The van der Waals surface area contributed by atoms with Crippen molar-refractivity contribution < 1.29 is 0 Å². The first-order valence-corrected chi connectivity index (χ1v) is 8.26. The van der Waals surface area contributed by atoms with E-state index in [1.165, 1.54) is 21.3 Å². The van der Waals surface area contributed by atoms with E-state index in [4.69, 9.17) is 0 Å². The first kappa shape index (κ1) is 14.6. The van der Waals surface area contributed by atoms with Gasteiger partial charge in [-0.1, -0.05) is 52.3 Å². The van der Waals surface area contributed by atoms with Crippen molar-refractivity contribution in [2.24, 2.45) is 0 Å². The van der Waals surface area contributed by atoms with E-state index in [0.717, 1.165) is 13.1 Å². The summed E-state index contributed by atoms with van der Waals surface area (Å²) >= 11 is 3.65. The van der Waals surface area contributed by atoms with Gasteiger partial charge in [-0.15, -0.1) is 0 Å². The van der Waals surface area contributed by atoms with E-state index in [2.05, 4.69) is 88.5 Å². The number of piperazine rings is 1. The highest BCUT2D eigenvalue weighted by atomic mass is 79.9. The molecule has 2 nitrogen and oxygen atoms in total. The molecule has 1 N–H and O–H groups in total. The molecule has 1 aliphatic heterocycles. The fourth-order valence-electron chi connectivity index (χ4n) is 3.02. The van der Waals surface area contributed by atoms with E-state index in [-0.39, 0.29) is 0 Å². The minimum Gasteiger partial charge on any atom is -0.365 e. The molecule has 0 aromatic heterocycles. The molecule has 0 amide bonds. The van der Waals surface area contributed by atoms with Gasteiger partial charge in [-0.2, -0.15) is 0 Å². The molecule has 0 bridgehead atoms. The van der Waals surface area contributed by atoms with Gasteiger partial charge in [0.25, 0.3) is 0 Å². The number of hydrogen-bond acceptors (Lipinski definition) is 2. The van der Waals surface area contributed by atoms with Crippen molar-refractivity contribution in [2.75, 3.05) is 18.0 Å². The highest BCUT2D eigenvalue weighted by molar-refractivity contribution is 9.10. The first-order valence-electron chi connectivity index (χ1n) is 7.47. The van der Waals surface area contributed by atoms with Crippen LogP contribution in [0.2, 0.25) is 0 Å². The Morgan fingerprint density at radius 3 is 2.62 bits per heavy atom. The average Bonchev–Trinajstić information content (AvgIpc) is 2.52. The van der Waals surface area contributed by atoms with Crippen LogP contribution in [-0.2, 0) is 0 Å². The fraction of sp³-hybridized carbons (Fsp3) is 0.333. The molecule has 1 fully saturated rings. The third-order valence-corrected chi connectivity index (χ3v) is 5.18. The molecule has 0 aliphatic carbocycles. The van der Waals surface area contributed by atoms with Gasteiger partial charge in [0.05, 0.1) is 0 Å². The van der Waals surface area contributed by atoms with Crippen LogP contribution < -0.4 is 10.2 Å². The van der Waals surface area contributed by atoms with Crippen molar-refractivity contribution in [1.82, 2.24) is 5.32 Å². The van der Waals surface area contributed by atoms with Crippen molar-refractivity contribution in [3.8, 4) is 0 Å². The van der Waals surface area contributed by atoms with Gasteiger partial charge in [0, 0.05) is 35.3 Å². The van der Waals surface area contributed by atoms with E-state index in [1.807, 2.05) is 0 Å². The Morgan fingerprint density at radius 1 is 1.10 bits per heavy atom. The largest absolute Gasteiger partial charge is 0.365 e. The molecule has 21 heavy (non-hydrogen) atoms. The minimum absolute atomic E-state index is 0.390. The average molecular weight is 345 g/mol. The molecule has 2 aromatic rings. The second-order valence-corrected chi connectivity index (χ2v) is 6.61. The van der Waals surface area contributed by atoms with E-state index in [1.54, 1.807) is 0 Å². The Hall–Kier alpha value is -1.32. The summed E-state index contributed by atoms with van der Waals surface area (Å²) in [6.45, 7) is 6.48. The van der Waals surface area contributed by atoms with Crippen LogP contribution in [0.15, 0.2) is 53.0 Å². The Morgan fingerprint density at radius 2 is 1.86 bits per heavy atom. The summed E-state index contributed by atoms with van der Waals surface area (Å²) in [5.41, 5.74) is 4.01. The van der Waals surface area contributed by atoms with Crippen LogP contribution in [0.25, 0.3) is 0 Å². The first-order chi connectivity index (χ1) is 10.2. The summed E-state index contributed by atoms with van der Waals surface area (Å²) in [5, 5.41) is 3.67. The second kappa shape index (κ2) is 6.20. The third-order valence-electron chi connectivity index (χ3n) is 4.32. The molecule has 3 heteroatoms. The monoisotopic (exact) mass is 344 g/mol. The number of rotatable bonds is 2. The molecule has 110 valence electrons. The van der Waals surface area contributed by atoms with Gasteiger partial charge in [0.2, 0.25) is 0 Å². The lowest BCUT2D eigenvalue weighted by Crippen LogP contribution is -2.51. The predicted octanol–water partition coefficient (Wildman–Crippen LogP) is 4.30. The van der Waals surface area contributed by atoms with Crippen LogP contribution in [0.1, 0.15) is 24.1 Å². The summed E-state index contributed by atoms with van der Waals surface area (Å²) in [4.78, 5) is 2.52. The maximum absolute atomic E-state index is 3.67. The third kappa shape index (κ3) is 2.99. The fourth-order valence-corrected chi connectivity index (χ4v) is 3.37. The SMILES string of the molecule is Cc1c(Br)cccc1N1CC(c2ccccc2)NCC1C. The molecular formula is C18H21BrN2. The minimum atomic E-state index is 0.390. The number of halogens is 1. The van der Waals surface area contributed by atoms with Crippen LogP contribution in [0.3, 0.4) is 0 Å². The molecule has 1 aliphatic rings. The zero-order valence-electron chi connectivity index (χ0n) is 12.5. The highest BCUT2D eigenvalue weighted by Crippen LogP contribution is 2.31. The van der Waals surface area contributed by atoms with Crippen molar-refractivity contribution in [1.29, 1.82) is 0 Å².